The van der Waals surface area contributed by atoms with Gasteiger partial charge >= 0.3 is 12.6 Å². The maximum atomic E-state index is 12.4. The van der Waals surface area contributed by atoms with Gasteiger partial charge in [-0.3, -0.25) is 4.79 Å². The second-order valence-corrected chi connectivity index (χ2v) is 5.48. The second kappa shape index (κ2) is 10.1. The number of carbonyl (C=O) groups excluding carboxylic acids is 2. The largest absolute Gasteiger partial charge is 0.465 e. The van der Waals surface area contributed by atoms with Crippen LogP contribution in [0.3, 0.4) is 0 Å². The molecule has 0 bridgehead atoms. The summed E-state index contributed by atoms with van der Waals surface area (Å²) in [6.07, 6.45) is 3.25. The van der Waals surface area contributed by atoms with E-state index in [0.717, 1.165) is 5.56 Å². The smallest absolute Gasteiger partial charge is 0.387 e. The van der Waals surface area contributed by atoms with E-state index < -0.39 is 12.6 Å². The third-order valence-corrected chi connectivity index (χ3v) is 3.64. The van der Waals surface area contributed by atoms with Crippen molar-refractivity contribution in [1.82, 2.24) is 5.32 Å². The van der Waals surface area contributed by atoms with Gasteiger partial charge in [0.2, 0.25) is 5.91 Å². The van der Waals surface area contributed by atoms with Crippen LogP contribution in [0.2, 0.25) is 0 Å². The van der Waals surface area contributed by atoms with E-state index in [0.29, 0.717) is 24.1 Å². The minimum Gasteiger partial charge on any atom is -0.465 e. The fraction of sp³-hybridized carbons (Fsp3) is 0.200. The number of para-hydroxylation sites is 1. The number of hydrogen-bond acceptors (Lipinski definition) is 4. The number of esters is 1. The summed E-state index contributed by atoms with van der Waals surface area (Å²) in [4.78, 5) is 23.2. The molecule has 7 heteroatoms. The topological polar surface area (TPSA) is 64.6 Å². The molecule has 1 N–H and O–H groups in total. The molecule has 142 valence electrons. The molecule has 0 spiro atoms. The molecule has 0 saturated carbocycles. The van der Waals surface area contributed by atoms with Crippen molar-refractivity contribution < 1.29 is 27.8 Å². The molecule has 0 unspecified atom stereocenters. The number of nitrogens with one attached hydrogen (secondary N) is 1. The highest BCUT2D eigenvalue weighted by Gasteiger charge is 2.07. The average Bonchev–Trinajstić information content (AvgIpc) is 2.67. The molecule has 0 aliphatic heterocycles. The molecule has 1 amide bonds. The summed E-state index contributed by atoms with van der Waals surface area (Å²) in [7, 11) is 1.32. The van der Waals surface area contributed by atoms with Gasteiger partial charge in [0.05, 0.1) is 12.7 Å². The maximum absolute atomic E-state index is 12.4. The summed E-state index contributed by atoms with van der Waals surface area (Å²) in [5, 5.41) is 2.70. The summed E-state index contributed by atoms with van der Waals surface area (Å²) in [6.45, 7) is -2.55. The minimum absolute atomic E-state index is 0.00208. The Hall–Kier alpha value is -3.22. The number of halogens is 2. The van der Waals surface area contributed by atoms with Crippen molar-refractivity contribution >= 4 is 18.0 Å². The third-order valence-electron chi connectivity index (χ3n) is 3.64. The van der Waals surface area contributed by atoms with E-state index in [9.17, 15) is 18.4 Å². The Morgan fingerprint density at radius 1 is 1.11 bits per heavy atom. The number of hydrogen-bond donors (Lipinski definition) is 1. The monoisotopic (exact) mass is 375 g/mol. The van der Waals surface area contributed by atoms with E-state index >= 15 is 0 Å². The molecular formula is C20H19F2NO4. The van der Waals surface area contributed by atoms with Gasteiger partial charge in [0.25, 0.3) is 0 Å². The first-order valence-corrected chi connectivity index (χ1v) is 8.16. The summed E-state index contributed by atoms with van der Waals surface area (Å²) < 4.78 is 33.8. The first-order chi connectivity index (χ1) is 13.0. The Labute approximate surface area is 155 Å². The van der Waals surface area contributed by atoms with Crippen molar-refractivity contribution in [1.29, 1.82) is 0 Å². The molecule has 0 atom stereocenters. The molecule has 0 heterocycles. The summed E-state index contributed by atoms with van der Waals surface area (Å²) in [6, 6.07) is 13.1. The number of benzene rings is 2. The van der Waals surface area contributed by atoms with Gasteiger partial charge < -0.3 is 14.8 Å². The number of carbonyl (C=O) groups is 2. The van der Waals surface area contributed by atoms with E-state index in [4.69, 9.17) is 0 Å². The normalized spacial score (nSPS) is 10.8. The Morgan fingerprint density at radius 2 is 1.81 bits per heavy atom. The zero-order valence-corrected chi connectivity index (χ0v) is 14.7. The lowest BCUT2D eigenvalue weighted by Gasteiger charge is -2.07. The van der Waals surface area contributed by atoms with Crippen LogP contribution >= 0.6 is 0 Å². The summed E-state index contributed by atoms with van der Waals surface area (Å²) in [5.74, 6) is -0.758. The van der Waals surface area contributed by atoms with E-state index in [1.54, 1.807) is 42.5 Å². The van der Waals surface area contributed by atoms with Gasteiger partial charge in [-0.2, -0.15) is 8.78 Å². The van der Waals surface area contributed by atoms with Crippen LogP contribution in [0.25, 0.3) is 6.08 Å². The standard InChI is InChI=1S/C20H19F2NO4/c1-26-19(25)16-8-6-14(7-9-16)12-13-23-18(24)11-10-15-4-2-3-5-17(15)27-20(21)22/h2-11,20H,12-13H2,1H3,(H,23,24)/b11-10+. The fourth-order valence-corrected chi connectivity index (χ4v) is 2.30. The number of amides is 1. The zero-order chi connectivity index (χ0) is 19.6. The molecule has 2 aromatic carbocycles. The average molecular weight is 375 g/mol. The van der Waals surface area contributed by atoms with Gasteiger partial charge in [-0.15, -0.1) is 0 Å². The molecule has 0 radical (unpaired) electrons. The minimum atomic E-state index is -2.93. The van der Waals surface area contributed by atoms with Crippen LogP contribution in [-0.4, -0.2) is 32.1 Å². The SMILES string of the molecule is COC(=O)c1ccc(CCNC(=O)/C=C/c2ccccc2OC(F)F)cc1. The number of methoxy groups -OCH3 is 1. The highest BCUT2D eigenvalue weighted by molar-refractivity contribution is 5.92. The Balaban J connectivity index is 1.84. The van der Waals surface area contributed by atoms with Crippen molar-refractivity contribution in [3.05, 3.63) is 71.3 Å². The van der Waals surface area contributed by atoms with Crippen LogP contribution in [0.15, 0.2) is 54.6 Å². The highest BCUT2D eigenvalue weighted by Crippen LogP contribution is 2.21. The first-order valence-electron chi connectivity index (χ1n) is 8.16. The molecule has 2 aromatic rings. The van der Waals surface area contributed by atoms with Crippen LogP contribution in [0.5, 0.6) is 5.75 Å². The fourth-order valence-electron chi connectivity index (χ4n) is 2.30. The Kier molecular flexibility index (Phi) is 7.49. The zero-order valence-electron chi connectivity index (χ0n) is 14.7. The van der Waals surface area contributed by atoms with Gasteiger partial charge in [-0.25, -0.2) is 4.79 Å². The van der Waals surface area contributed by atoms with Crippen LogP contribution in [0.4, 0.5) is 8.78 Å². The predicted molar refractivity (Wildman–Crippen MR) is 96.6 cm³/mol. The molecule has 0 saturated heterocycles. The highest BCUT2D eigenvalue weighted by atomic mass is 19.3. The van der Waals surface area contributed by atoms with Gasteiger partial charge in [0, 0.05) is 18.2 Å². The molecular weight excluding hydrogens is 356 g/mol. The van der Waals surface area contributed by atoms with Gasteiger partial charge in [-0.1, -0.05) is 30.3 Å². The van der Waals surface area contributed by atoms with E-state index in [2.05, 4.69) is 14.8 Å². The van der Waals surface area contributed by atoms with Crippen molar-refractivity contribution in [3.63, 3.8) is 0 Å². The molecule has 0 fully saturated rings. The van der Waals surface area contributed by atoms with Crippen LogP contribution < -0.4 is 10.1 Å². The number of alkyl halides is 2. The van der Waals surface area contributed by atoms with Crippen molar-refractivity contribution in [3.8, 4) is 5.75 Å². The van der Waals surface area contributed by atoms with E-state index in [-0.39, 0.29) is 11.7 Å². The lowest BCUT2D eigenvalue weighted by molar-refractivity contribution is -0.116. The van der Waals surface area contributed by atoms with Crippen LogP contribution in [-0.2, 0) is 16.0 Å². The first kappa shape index (κ1) is 20.1. The van der Waals surface area contributed by atoms with Crippen molar-refractivity contribution in [2.45, 2.75) is 13.0 Å². The molecule has 0 aliphatic carbocycles. The Morgan fingerprint density at radius 3 is 2.48 bits per heavy atom. The maximum Gasteiger partial charge on any atom is 0.387 e. The van der Waals surface area contributed by atoms with Crippen molar-refractivity contribution in [2.75, 3.05) is 13.7 Å². The lowest BCUT2D eigenvalue weighted by atomic mass is 10.1. The van der Waals surface area contributed by atoms with Gasteiger partial charge in [-0.05, 0) is 36.3 Å². The van der Waals surface area contributed by atoms with E-state index in [1.165, 1.54) is 25.3 Å². The van der Waals surface area contributed by atoms with Crippen LogP contribution in [0.1, 0.15) is 21.5 Å². The number of ether oxygens (including phenoxy) is 2. The Bertz CT molecular complexity index is 804. The predicted octanol–water partition coefficient (Wildman–Crippen LogP) is 3.45. The second-order valence-electron chi connectivity index (χ2n) is 5.48. The molecule has 27 heavy (non-hydrogen) atoms. The number of rotatable bonds is 8. The molecule has 5 nitrogen and oxygen atoms in total. The van der Waals surface area contributed by atoms with Gasteiger partial charge in [0.1, 0.15) is 5.75 Å². The molecule has 0 aliphatic rings. The third kappa shape index (κ3) is 6.54. The van der Waals surface area contributed by atoms with E-state index in [1.807, 2.05) is 0 Å². The summed E-state index contributed by atoms with van der Waals surface area (Å²) in [5.41, 5.74) is 1.78. The summed E-state index contributed by atoms with van der Waals surface area (Å²) >= 11 is 0. The quantitative estimate of drug-likeness (QED) is 0.567. The van der Waals surface area contributed by atoms with Gasteiger partial charge in [0.15, 0.2) is 0 Å². The lowest BCUT2D eigenvalue weighted by Crippen LogP contribution is -2.23. The molecule has 0 aromatic heterocycles. The van der Waals surface area contributed by atoms with Crippen molar-refractivity contribution in [2.24, 2.45) is 0 Å². The molecule has 2 rings (SSSR count). The van der Waals surface area contributed by atoms with Crippen LogP contribution in [0, 0.1) is 0 Å².